The van der Waals surface area contributed by atoms with E-state index in [4.69, 9.17) is 14.2 Å². The molecule has 3 aromatic carbocycles. The molecule has 0 spiro atoms. The van der Waals surface area contributed by atoms with Crippen molar-refractivity contribution in [3.63, 3.8) is 0 Å². The van der Waals surface area contributed by atoms with E-state index < -0.39 is 18.5 Å². The second kappa shape index (κ2) is 9.99. The number of hydrazone groups is 1. The molecule has 0 radical (unpaired) electrons. The molecule has 0 saturated heterocycles. The maximum Gasteiger partial charge on any atom is 0.342 e. The summed E-state index contributed by atoms with van der Waals surface area (Å²) in [6.07, 6.45) is 0.544. The lowest BCUT2D eigenvalue weighted by Gasteiger charge is -2.22. The fourth-order valence-corrected chi connectivity index (χ4v) is 3.72. The quantitative estimate of drug-likeness (QED) is 0.510. The molecule has 0 aromatic heterocycles. The van der Waals surface area contributed by atoms with Crippen LogP contribution in [0.5, 0.6) is 11.5 Å². The smallest absolute Gasteiger partial charge is 0.342 e. The Hall–Kier alpha value is -4.13. The van der Waals surface area contributed by atoms with E-state index >= 15 is 0 Å². The summed E-state index contributed by atoms with van der Waals surface area (Å²) in [6.45, 7) is -0.435. The van der Waals surface area contributed by atoms with Crippen molar-refractivity contribution in [2.24, 2.45) is 5.10 Å². The van der Waals surface area contributed by atoms with Gasteiger partial charge in [0.1, 0.15) is 17.1 Å². The van der Waals surface area contributed by atoms with Crippen molar-refractivity contribution in [2.45, 2.75) is 12.5 Å². The van der Waals surface area contributed by atoms with Gasteiger partial charge in [-0.05, 0) is 35.4 Å². The number of carbonyl (C=O) groups is 2. The van der Waals surface area contributed by atoms with Crippen LogP contribution in [0.2, 0.25) is 0 Å². The number of esters is 1. The van der Waals surface area contributed by atoms with Crippen molar-refractivity contribution in [2.75, 3.05) is 20.8 Å². The third-order valence-corrected chi connectivity index (χ3v) is 5.43. The van der Waals surface area contributed by atoms with E-state index in [1.807, 2.05) is 54.6 Å². The standard InChI is InChI=1S/C26H24N2O5/c1-31-20-14-12-19(13-15-20)23-16-22(18-8-4-3-5-9-18)27-28(23)25(29)17-33-26(30)21-10-6-7-11-24(21)32-2/h3-15,23H,16-17H2,1-2H3. The Morgan fingerprint density at radius 1 is 0.909 bits per heavy atom. The predicted octanol–water partition coefficient (Wildman–Crippen LogP) is 4.24. The molecule has 1 amide bonds. The highest BCUT2D eigenvalue weighted by Gasteiger charge is 2.33. The highest BCUT2D eigenvalue weighted by Crippen LogP contribution is 2.33. The third kappa shape index (κ3) is 4.87. The Labute approximate surface area is 192 Å². The van der Waals surface area contributed by atoms with Crippen molar-refractivity contribution < 1.29 is 23.8 Å². The molecule has 0 bridgehead atoms. The molecule has 1 aliphatic rings. The van der Waals surface area contributed by atoms with E-state index in [1.54, 1.807) is 31.4 Å². The largest absolute Gasteiger partial charge is 0.497 e. The molecule has 0 fully saturated rings. The maximum absolute atomic E-state index is 13.1. The van der Waals surface area contributed by atoms with Crippen molar-refractivity contribution in [3.05, 3.63) is 95.6 Å². The minimum atomic E-state index is -0.631. The first-order valence-corrected chi connectivity index (χ1v) is 10.5. The zero-order valence-corrected chi connectivity index (χ0v) is 18.4. The van der Waals surface area contributed by atoms with E-state index in [-0.39, 0.29) is 11.6 Å². The first-order chi connectivity index (χ1) is 16.1. The Bertz CT molecular complexity index is 1160. The molecule has 1 heterocycles. The number of hydrogen-bond acceptors (Lipinski definition) is 6. The molecule has 4 rings (SSSR count). The SMILES string of the molecule is COc1ccc(C2CC(c3ccccc3)=NN2C(=O)COC(=O)c2ccccc2OC)cc1. The van der Waals surface area contributed by atoms with Crippen molar-refractivity contribution in [1.82, 2.24) is 5.01 Å². The summed E-state index contributed by atoms with van der Waals surface area (Å²) < 4.78 is 15.8. The summed E-state index contributed by atoms with van der Waals surface area (Å²) in [5, 5.41) is 6.00. The average Bonchev–Trinajstić information content (AvgIpc) is 3.33. The number of methoxy groups -OCH3 is 2. The van der Waals surface area contributed by atoms with Crippen LogP contribution in [0.1, 0.15) is 33.9 Å². The summed E-state index contributed by atoms with van der Waals surface area (Å²) in [7, 11) is 3.08. The number of amides is 1. The molecule has 3 aromatic rings. The monoisotopic (exact) mass is 444 g/mol. The van der Waals surface area contributed by atoms with E-state index in [0.29, 0.717) is 12.2 Å². The van der Waals surface area contributed by atoms with Gasteiger partial charge < -0.3 is 14.2 Å². The van der Waals surface area contributed by atoms with Crippen molar-refractivity contribution >= 4 is 17.6 Å². The molecule has 7 nitrogen and oxygen atoms in total. The zero-order valence-electron chi connectivity index (χ0n) is 18.4. The first-order valence-electron chi connectivity index (χ1n) is 10.5. The molecule has 1 aliphatic heterocycles. The minimum absolute atomic E-state index is 0.259. The fourth-order valence-electron chi connectivity index (χ4n) is 3.72. The number of ether oxygens (including phenoxy) is 3. The van der Waals surface area contributed by atoms with E-state index in [9.17, 15) is 9.59 Å². The highest BCUT2D eigenvalue weighted by atomic mass is 16.5. The second-order valence-corrected chi connectivity index (χ2v) is 7.42. The number of carbonyl (C=O) groups excluding carboxylic acids is 2. The molecular formula is C26H24N2O5. The van der Waals surface area contributed by atoms with Gasteiger partial charge in [-0.25, -0.2) is 9.80 Å². The van der Waals surface area contributed by atoms with Crippen LogP contribution >= 0.6 is 0 Å². The average molecular weight is 444 g/mol. The molecule has 0 aliphatic carbocycles. The summed E-state index contributed by atoms with van der Waals surface area (Å²) in [6, 6.07) is 23.6. The summed E-state index contributed by atoms with van der Waals surface area (Å²) in [5.41, 5.74) is 2.91. The van der Waals surface area contributed by atoms with Gasteiger partial charge in [0, 0.05) is 6.42 Å². The van der Waals surface area contributed by atoms with Crippen molar-refractivity contribution in [1.29, 1.82) is 0 Å². The maximum atomic E-state index is 13.1. The Morgan fingerprint density at radius 3 is 2.30 bits per heavy atom. The normalized spacial score (nSPS) is 15.0. The number of para-hydroxylation sites is 1. The summed E-state index contributed by atoms with van der Waals surface area (Å²) in [5.74, 6) is 0.0689. The molecule has 7 heteroatoms. The summed E-state index contributed by atoms with van der Waals surface area (Å²) in [4.78, 5) is 25.6. The van der Waals surface area contributed by atoms with Crippen LogP contribution in [-0.2, 0) is 9.53 Å². The van der Waals surface area contributed by atoms with Gasteiger partial charge in [-0.1, -0.05) is 54.6 Å². The molecular weight excluding hydrogens is 420 g/mol. The fraction of sp³-hybridized carbons (Fsp3) is 0.192. The highest BCUT2D eigenvalue weighted by molar-refractivity contribution is 6.03. The van der Waals surface area contributed by atoms with Gasteiger partial charge in [0.25, 0.3) is 5.91 Å². The van der Waals surface area contributed by atoms with E-state index in [1.165, 1.54) is 12.1 Å². The molecule has 168 valence electrons. The van der Waals surface area contributed by atoms with Crippen LogP contribution in [0.3, 0.4) is 0 Å². The van der Waals surface area contributed by atoms with Crippen LogP contribution in [-0.4, -0.2) is 43.4 Å². The Morgan fingerprint density at radius 2 is 1.61 bits per heavy atom. The van der Waals surface area contributed by atoms with Crippen LogP contribution < -0.4 is 9.47 Å². The summed E-state index contributed by atoms with van der Waals surface area (Å²) >= 11 is 0. The Kier molecular flexibility index (Phi) is 6.69. The van der Waals surface area contributed by atoms with E-state index in [2.05, 4.69) is 5.10 Å². The second-order valence-electron chi connectivity index (χ2n) is 7.42. The van der Waals surface area contributed by atoms with Gasteiger partial charge >= 0.3 is 5.97 Å². The van der Waals surface area contributed by atoms with Crippen LogP contribution in [0, 0.1) is 0 Å². The van der Waals surface area contributed by atoms with E-state index in [0.717, 1.165) is 22.6 Å². The molecule has 0 saturated carbocycles. The van der Waals surface area contributed by atoms with Gasteiger partial charge in [0.2, 0.25) is 0 Å². The minimum Gasteiger partial charge on any atom is -0.497 e. The number of nitrogens with zero attached hydrogens (tertiary/aromatic N) is 2. The lowest BCUT2D eigenvalue weighted by atomic mass is 9.98. The first kappa shape index (κ1) is 22.1. The van der Waals surface area contributed by atoms with Gasteiger partial charge in [0.15, 0.2) is 6.61 Å². The van der Waals surface area contributed by atoms with Gasteiger partial charge in [-0.3, -0.25) is 4.79 Å². The topological polar surface area (TPSA) is 77.4 Å². The molecule has 1 unspecified atom stereocenters. The molecule has 33 heavy (non-hydrogen) atoms. The molecule has 0 N–H and O–H groups in total. The van der Waals surface area contributed by atoms with Gasteiger partial charge in [0.05, 0.1) is 26.0 Å². The lowest BCUT2D eigenvalue weighted by Crippen LogP contribution is -2.31. The lowest BCUT2D eigenvalue weighted by molar-refractivity contribution is -0.136. The van der Waals surface area contributed by atoms with Gasteiger partial charge in [-0.15, -0.1) is 0 Å². The van der Waals surface area contributed by atoms with Gasteiger partial charge in [-0.2, -0.15) is 5.10 Å². The predicted molar refractivity (Wildman–Crippen MR) is 123 cm³/mol. The number of benzene rings is 3. The molecule has 1 atom stereocenters. The zero-order chi connectivity index (χ0) is 23.2. The third-order valence-electron chi connectivity index (χ3n) is 5.43. The number of rotatable bonds is 7. The Balaban J connectivity index is 1.54. The van der Waals surface area contributed by atoms with Crippen LogP contribution in [0.15, 0.2) is 84.0 Å². The van der Waals surface area contributed by atoms with Crippen molar-refractivity contribution in [3.8, 4) is 11.5 Å². The van der Waals surface area contributed by atoms with Crippen LogP contribution in [0.4, 0.5) is 0 Å². The van der Waals surface area contributed by atoms with Crippen LogP contribution in [0.25, 0.3) is 0 Å². The number of hydrogen-bond donors (Lipinski definition) is 0.